The number of primary sulfonamides is 1. The lowest BCUT2D eigenvalue weighted by Crippen LogP contribution is -2.16. The van der Waals surface area contributed by atoms with Crippen LogP contribution in [-0.4, -0.2) is 8.42 Å². The Balaban J connectivity index is 2.76. The quantitative estimate of drug-likeness (QED) is 0.661. The summed E-state index contributed by atoms with van der Waals surface area (Å²) in [5, 5.41) is 5.12. The molecule has 0 amide bonds. The van der Waals surface area contributed by atoms with Crippen molar-refractivity contribution < 1.29 is 8.42 Å². The second kappa shape index (κ2) is 2.96. The number of anilines is 1. The van der Waals surface area contributed by atoms with E-state index in [1.165, 1.54) is 0 Å². The lowest BCUT2D eigenvalue weighted by molar-refractivity contribution is 0.597. The van der Waals surface area contributed by atoms with Gasteiger partial charge in [0.2, 0.25) is 10.0 Å². The highest BCUT2D eigenvalue weighted by atomic mass is 32.2. The molecule has 1 aliphatic carbocycles. The molecule has 0 aromatic heterocycles. The first-order valence-electron chi connectivity index (χ1n) is 4.43. The van der Waals surface area contributed by atoms with E-state index in [4.69, 9.17) is 10.9 Å². The van der Waals surface area contributed by atoms with Gasteiger partial charge in [0, 0.05) is 0 Å². The predicted molar refractivity (Wildman–Crippen MR) is 54.3 cm³/mol. The van der Waals surface area contributed by atoms with Crippen molar-refractivity contribution in [2.75, 3.05) is 5.73 Å². The van der Waals surface area contributed by atoms with Gasteiger partial charge in [0.25, 0.3) is 0 Å². The highest BCUT2D eigenvalue weighted by Crippen LogP contribution is 2.31. The Hall–Kier alpha value is -1.07. The molecular formula is C9H12N2O2S. The second-order valence-corrected chi connectivity index (χ2v) is 5.02. The van der Waals surface area contributed by atoms with Crippen LogP contribution in [0.15, 0.2) is 17.0 Å². The van der Waals surface area contributed by atoms with Crippen molar-refractivity contribution in [2.24, 2.45) is 5.14 Å². The molecule has 0 radical (unpaired) electrons. The van der Waals surface area contributed by atoms with Crippen LogP contribution in [0, 0.1) is 0 Å². The largest absolute Gasteiger partial charge is 0.398 e. The molecule has 0 bridgehead atoms. The third-order valence-corrected chi connectivity index (χ3v) is 3.60. The molecule has 4 N–H and O–H groups in total. The van der Waals surface area contributed by atoms with Crippen LogP contribution in [0.25, 0.3) is 0 Å². The molecule has 0 fully saturated rings. The number of hydrogen-bond acceptors (Lipinski definition) is 3. The maximum absolute atomic E-state index is 11.3. The summed E-state index contributed by atoms with van der Waals surface area (Å²) in [6.45, 7) is 0. The summed E-state index contributed by atoms with van der Waals surface area (Å²) in [4.78, 5) is 0.132. The summed E-state index contributed by atoms with van der Waals surface area (Å²) in [5.41, 5.74) is 7.75. The summed E-state index contributed by atoms with van der Waals surface area (Å²) in [6, 6.07) is 3.50. The van der Waals surface area contributed by atoms with E-state index in [0.29, 0.717) is 0 Å². The van der Waals surface area contributed by atoms with Crippen molar-refractivity contribution in [2.45, 2.75) is 24.2 Å². The molecule has 0 aliphatic heterocycles. The third kappa shape index (κ3) is 1.38. The molecule has 1 aromatic carbocycles. The van der Waals surface area contributed by atoms with Gasteiger partial charge in [0.15, 0.2) is 0 Å². The molecule has 0 atom stereocenters. The minimum absolute atomic E-state index is 0.132. The number of fused-ring (bicyclic) bond motifs is 1. The van der Waals surface area contributed by atoms with Gasteiger partial charge in [-0.3, -0.25) is 0 Å². The number of sulfonamides is 1. The van der Waals surface area contributed by atoms with Crippen molar-refractivity contribution in [3.05, 3.63) is 23.3 Å². The molecule has 0 unspecified atom stereocenters. The summed E-state index contributed by atoms with van der Waals surface area (Å²) in [5.74, 6) is 0. The van der Waals surface area contributed by atoms with Gasteiger partial charge in [0.05, 0.1) is 5.69 Å². The number of nitrogen functional groups attached to an aromatic ring is 1. The van der Waals surface area contributed by atoms with Gasteiger partial charge < -0.3 is 5.73 Å². The van der Waals surface area contributed by atoms with E-state index >= 15 is 0 Å². The highest BCUT2D eigenvalue weighted by Gasteiger charge is 2.23. The number of rotatable bonds is 1. The van der Waals surface area contributed by atoms with Crippen LogP contribution in [0.3, 0.4) is 0 Å². The predicted octanol–water partition coefficient (Wildman–Crippen LogP) is 0.405. The summed E-state index contributed by atoms with van der Waals surface area (Å²) in [6.07, 6.45) is 2.64. The Labute approximate surface area is 83.0 Å². The highest BCUT2D eigenvalue weighted by molar-refractivity contribution is 7.89. The van der Waals surface area contributed by atoms with Gasteiger partial charge in [-0.25, -0.2) is 13.6 Å². The zero-order valence-electron chi connectivity index (χ0n) is 7.66. The number of nitrogens with two attached hydrogens (primary N) is 2. The molecule has 14 heavy (non-hydrogen) atoms. The van der Waals surface area contributed by atoms with Crippen LogP contribution in [0.4, 0.5) is 5.69 Å². The molecule has 1 aromatic rings. The molecule has 0 spiro atoms. The van der Waals surface area contributed by atoms with Crippen molar-refractivity contribution in [1.29, 1.82) is 0 Å². The maximum Gasteiger partial charge on any atom is 0.240 e. The Morgan fingerprint density at radius 1 is 1.21 bits per heavy atom. The first-order valence-corrected chi connectivity index (χ1v) is 5.98. The average molecular weight is 212 g/mol. The van der Waals surface area contributed by atoms with Gasteiger partial charge in [-0.05, 0) is 36.5 Å². The van der Waals surface area contributed by atoms with Crippen LogP contribution >= 0.6 is 0 Å². The maximum atomic E-state index is 11.3. The van der Waals surface area contributed by atoms with Crippen molar-refractivity contribution in [1.82, 2.24) is 0 Å². The van der Waals surface area contributed by atoms with Gasteiger partial charge in [-0.1, -0.05) is 6.07 Å². The molecule has 76 valence electrons. The molecule has 4 nitrogen and oxygen atoms in total. The Kier molecular flexibility index (Phi) is 2.01. The number of hydrogen-bond donors (Lipinski definition) is 2. The number of aryl methyl sites for hydroxylation is 1. The van der Waals surface area contributed by atoms with E-state index in [1.807, 2.05) is 6.07 Å². The standard InChI is InChI=1S/C9H12N2O2S/c10-8-5-4-6-2-1-3-7(6)9(8)14(11,12)13/h4-5H,1-3,10H2,(H2,11,12,13). The first-order chi connectivity index (χ1) is 6.50. The normalized spacial score (nSPS) is 15.5. The molecular weight excluding hydrogens is 200 g/mol. The SMILES string of the molecule is Nc1ccc2c(c1S(N)(=O)=O)CCC2. The van der Waals surface area contributed by atoms with Crippen LogP contribution in [0.2, 0.25) is 0 Å². The van der Waals surface area contributed by atoms with E-state index in [-0.39, 0.29) is 10.6 Å². The summed E-state index contributed by atoms with van der Waals surface area (Å²) < 4.78 is 22.6. The molecule has 0 saturated heterocycles. The Morgan fingerprint density at radius 2 is 1.93 bits per heavy atom. The van der Waals surface area contributed by atoms with Crippen LogP contribution in [-0.2, 0) is 22.9 Å². The molecule has 2 rings (SSSR count). The Bertz CT molecular complexity index is 480. The molecule has 1 aliphatic rings. The third-order valence-electron chi connectivity index (χ3n) is 2.55. The Morgan fingerprint density at radius 3 is 2.57 bits per heavy atom. The lowest BCUT2D eigenvalue weighted by atomic mass is 10.1. The lowest BCUT2D eigenvalue weighted by Gasteiger charge is -2.08. The molecule has 5 heteroatoms. The zero-order valence-corrected chi connectivity index (χ0v) is 8.47. The fourth-order valence-corrected chi connectivity index (χ4v) is 2.96. The average Bonchev–Trinajstić information content (AvgIpc) is 2.48. The molecule has 0 saturated carbocycles. The minimum atomic E-state index is -3.68. The van der Waals surface area contributed by atoms with Gasteiger partial charge in [0.1, 0.15) is 4.90 Å². The fourth-order valence-electron chi connectivity index (χ4n) is 1.99. The van der Waals surface area contributed by atoms with Crippen molar-refractivity contribution in [3.8, 4) is 0 Å². The summed E-state index contributed by atoms with van der Waals surface area (Å²) in [7, 11) is -3.68. The van der Waals surface area contributed by atoms with Gasteiger partial charge >= 0.3 is 0 Å². The topological polar surface area (TPSA) is 86.2 Å². The van der Waals surface area contributed by atoms with E-state index in [2.05, 4.69) is 0 Å². The number of benzene rings is 1. The van der Waals surface area contributed by atoms with E-state index < -0.39 is 10.0 Å². The monoisotopic (exact) mass is 212 g/mol. The van der Waals surface area contributed by atoms with Crippen LogP contribution < -0.4 is 10.9 Å². The smallest absolute Gasteiger partial charge is 0.240 e. The van der Waals surface area contributed by atoms with Crippen molar-refractivity contribution in [3.63, 3.8) is 0 Å². The second-order valence-electron chi connectivity index (χ2n) is 3.52. The fraction of sp³-hybridized carbons (Fsp3) is 0.333. The first kappa shape index (κ1) is 9.48. The zero-order chi connectivity index (χ0) is 10.3. The van der Waals surface area contributed by atoms with Crippen LogP contribution in [0.5, 0.6) is 0 Å². The van der Waals surface area contributed by atoms with Gasteiger partial charge in [-0.15, -0.1) is 0 Å². The van der Waals surface area contributed by atoms with E-state index in [9.17, 15) is 8.42 Å². The van der Waals surface area contributed by atoms with E-state index in [0.717, 1.165) is 30.4 Å². The van der Waals surface area contributed by atoms with Crippen LogP contribution in [0.1, 0.15) is 17.5 Å². The van der Waals surface area contributed by atoms with Gasteiger partial charge in [-0.2, -0.15) is 0 Å². The molecule has 0 heterocycles. The van der Waals surface area contributed by atoms with E-state index in [1.54, 1.807) is 6.07 Å². The summed E-state index contributed by atoms with van der Waals surface area (Å²) >= 11 is 0. The minimum Gasteiger partial charge on any atom is -0.398 e. The van der Waals surface area contributed by atoms with Crippen molar-refractivity contribution >= 4 is 15.7 Å².